The molecule has 5 nitrogen and oxygen atoms in total. The van der Waals surface area contributed by atoms with Gasteiger partial charge in [0.25, 0.3) is 0 Å². The predicted molar refractivity (Wildman–Crippen MR) is 94.1 cm³/mol. The third-order valence-electron chi connectivity index (χ3n) is 5.69. The first-order valence-corrected chi connectivity index (χ1v) is 9.25. The molecular weight excluding hydrogens is 397 g/mol. The van der Waals surface area contributed by atoms with Gasteiger partial charge in [0, 0.05) is 13.0 Å². The Morgan fingerprint density at radius 3 is 2.32 bits per heavy atom. The molecule has 3 aliphatic rings. The molecule has 2 bridgehead atoms. The number of nitrogens with one attached hydrogen (secondary N) is 1. The van der Waals surface area contributed by atoms with Crippen LogP contribution in [-0.4, -0.2) is 29.2 Å². The third-order valence-corrected chi connectivity index (χ3v) is 6.02. The largest absolute Gasteiger partial charge is 0.416 e. The lowest BCUT2D eigenvalue weighted by atomic mass is 9.85. The summed E-state index contributed by atoms with van der Waals surface area (Å²) in [5, 5.41) is 2.29. The Labute approximate surface area is 163 Å². The summed E-state index contributed by atoms with van der Waals surface area (Å²) in [5.41, 5.74) is -1.10. The van der Waals surface area contributed by atoms with Gasteiger partial charge < -0.3 is 5.32 Å². The zero-order chi connectivity index (χ0) is 20.2. The van der Waals surface area contributed by atoms with Gasteiger partial charge in [0.15, 0.2) is 0 Å². The molecule has 2 aliphatic carbocycles. The Balaban J connectivity index is 1.39. The van der Waals surface area contributed by atoms with Crippen molar-refractivity contribution in [2.75, 3.05) is 11.9 Å². The van der Waals surface area contributed by atoms with Crippen molar-refractivity contribution in [2.45, 2.75) is 19.0 Å². The van der Waals surface area contributed by atoms with Gasteiger partial charge in [0.2, 0.25) is 17.7 Å². The van der Waals surface area contributed by atoms with E-state index >= 15 is 0 Å². The summed E-state index contributed by atoms with van der Waals surface area (Å²) in [6.07, 6.45) is -0.0171. The molecule has 3 amide bonds. The molecule has 0 radical (unpaired) electrons. The fourth-order valence-electron chi connectivity index (χ4n) is 4.41. The van der Waals surface area contributed by atoms with Gasteiger partial charge in [0.1, 0.15) is 0 Å². The molecule has 1 aromatic carbocycles. The second kappa shape index (κ2) is 6.62. The van der Waals surface area contributed by atoms with Crippen molar-refractivity contribution in [2.24, 2.45) is 23.7 Å². The van der Waals surface area contributed by atoms with E-state index in [9.17, 15) is 27.6 Å². The topological polar surface area (TPSA) is 66.5 Å². The van der Waals surface area contributed by atoms with Crippen LogP contribution in [0.5, 0.6) is 0 Å². The number of halogens is 4. The van der Waals surface area contributed by atoms with Gasteiger partial charge in [-0.3, -0.25) is 19.3 Å². The number of rotatable bonds is 4. The van der Waals surface area contributed by atoms with Crippen molar-refractivity contribution in [3.8, 4) is 0 Å². The van der Waals surface area contributed by atoms with E-state index in [0.29, 0.717) is 0 Å². The van der Waals surface area contributed by atoms with Crippen LogP contribution in [0.4, 0.5) is 18.9 Å². The van der Waals surface area contributed by atoms with E-state index in [1.54, 1.807) is 0 Å². The highest BCUT2D eigenvalue weighted by Crippen LogP contribution is 2.52. The summed E-state index contributed by atoms with van der Waals surface area (Å²) in [6.45, 7) is -0.105. The van der Waals surface area contributed by atoms with Crippen LogP contribution in [0.25, 0.3) is 0 Å². The average molecular weight is 413 g/mol. The van der Waals surface area contributed by atoms with E-state index in [0.717, 1.165) is 29.5 Å². The van der Waals surface area contributed by atoms with Gasteiger partial charge in [-0.2, -0.15) is 13.2 Å². The SMILES string of the molecule is O=C(CCN1C(=O)[C@H]2[C@H](C1=O)[C@H]1C=C[C@H]2C1)Nc1cc(C(F)(F)F)ccc1Cl. The number of hydrogen-bond acceptors (Lipinski definition) is 3. The van der Waals surface area contributed by atoms with E-state index in [2.05, 4.69) is 5.32 Å². The Bertz CT molecular complexity index is 869. The van der Waals surface area contributed by atoms with Crippen LogP contribution < -0.4 is 5.32 Å². The first kappa shape index (κ1) is 19.0. The minimum absolute atomic E-state index is 0.0353. The molecule has 9 heteroatoms. The van der Waals surface area contributed by atoms with Crippen molar-refractivity contribution in [3.05, 3.63) is 40.9 Å². The normalized spacial score (nSPS) is 28.2. The second-order valence-electron chi connectivity index (χ2n) is 7.32. The first-order valence-electron chi connectivity index (χ1n) is 8.87. The number of hydrogen-bond donors (Lipinski definition) is 1. The third kappa shape index (κ3) is 3.09. The second-order valence-corrected chi connectivity index (χ2v) is 7.73. The van der Waals surface area contributed by atoms with Crippen LogP contribution in [0.2, 0.25) is 5.02 Å². The Morgan fingerprint density at radius 1 is 1.14 bits per heavy atom. The molecule has 4 rings (SSSR count). The molecule has 1 aromatic rings. The highest BCUT2D eigenvalue weighted by atomic mass is 35.5. The van der Waals surface area contributed by atoms with Gasteiger partial charge in [-0.1, -0.05) is 23.8 Å². The van der Waals surface area contributed by atoms with Crippen molar-refractivity contribution < 1.29 is 27.6 Å². The number of anilines is 1. The van der Waals surface area contributed by atoms with E-state index in [-0.39, 0.29) is 59.2 Å². The standard InChI is InChI=1S/C19H16ClF3N2O3/c20-12-4-3-11(19(21,22)23)8-13(12)24-14(26)5-6-25-17(27)15-9-1-2-10(7-9)16(15)18(25)28/h1-4,8-10,15-16H,5-7H2,(H,24,26)/t9-,10-,15+,16+/m0/s1. The van der Waals surface area contributed by atoms with Gasteiger partial charge in [-0.25, -0.2) is 0 Å². The molecule has 2 fully saturated rings. The lowest BCUT2D eigenvalue weighted by molar-refractivity contribution is -0.141. The van der Waals surface area contributed by atoms with Gasteiger partial charge in [-0.05, 0) is 36.5 Å². The summed E-state index contributed by atoms with van der Waals surface area (Å²) < 4.78 is 38.4. The number of carbonyl (C=O) groups is 3. The van der Waals surface area contributed by atoms with Crippen molar-refractivity contribution >= 4 is 35.0 Å². The van der Waals surface area contributed by atoms with Crippen LogP contribution in [0, 0.1) is 23.7 Å². The summed E-state index contributed by atoms with van der Waals surface area (Å²) in [4.78, 5) is 38.4. The number of fused-ring (bicyclic) bond motifs is 5. The summed E-state index contributed by atoms with van der Waals surface area (Å²) in [5.74, 6) is -1.69. The van der Waals surface area contributed by atoms with Gasteiger partial charge in [0.05, 0.1) is 28.1 Å². The Kier molecular flexibility index (Phi) is 4.49. The number of amides is 3. The van der Waals surface area contributed by atoms with E-state index in [4.69, 9.17) is 11.6 Å². The Hall–Kier alpha value is -2.35. The highest BCUT2D eigenvalue weighted by Gasteiger charge is 2.59. The zero-order valence-electron chi connectivity index (χ0n) is 14.5. The molecule has 1 saturated heterocycles. The van der Waals surface area contributed by atoms with E-state index < -0.39 is 17.6 Å². The molecule has 0 aromatic heterocycles. The number of allylic oxidation sites excluding steroid dienone is 2. The van der Waals surface area contributed by atoms with Gasteiger partial charge in [-0.15, -0.1) is 0 Å². The average Bonchev–Trinajstić information content (AvgIpc) is 3.29. The molecule has 148 valence electrons. The molecule has 1 saturated carbocycles. The van der Waals surface area contributed by atoms with Crippen molar-refractivity contribution in [3.63, 3.8) is 0 Å². The lowest BCUT2D eigenvalue weighted by Crippen LogP contribution is -2.35. The first-order chi connectivity index (χ1) is 13.2. The zero-order valence-corrected chi connectivity index (χ0v) is 15.3. The quantitative estimate of drug-likeness (QED) is 0.608. The molecule has 28 heavy (non-hydrogen) atoms. The molecular formula is C19H16ClF3N2O3. The maximum Gasteiger partial charge on any atom is 0.416 e. The van der Waals surface area contributed by atoms with Crippen LogP contribution in [0.15, 0.2) is 30.4 Å². The van der Waals surface area contributed by atoms with E-state index in [1.165, 1.54) is 0 Å². The predicted octanol–water partition coefficient (Wildman–Crippen LogP) is 3.49. The Morgan fingerprint density at radius 2 is 1.75 bits per heavy atom. The number of likely N-dealkylation sites (tertiary alicyclic amines) is 1. The monoisotopic (exact) mass is 412 g/mol. The molecule has 1 heterocycles. The molecule has 1 N–H and O–H groups in total. The van der Waals surface area contributed by atoms with Crippen molar-refractivity contribution in [1.29, 1.82) is 0 Å². The molecule has 4 atom stereocenters. The van der Waals surface area contributed by atoms with E-state index in [1.807, 2.05) is 12.2 Å². The summed E-state index contributed by atoms with van der Waals surface area (Å²) in [6, 6.07) is 2.62. The maximum absolute atomic E-state index is 12.8. The summed E-state index contributed by atoms with van der Waals surface area (Å²) >= 11 is 5.86. The maximum atomic E-state index is 12.8. The highest BCUT2D eigenvalue weighted by molar-refractivity contribution is 6.33. The van der Waals surface area contributed by atoms with Crippen LogP contribution >= 0.6 is 11.6 Å². The number of carbonyl (C=O) groups excluding carboxylic acids is 3. The molecule has 1 aliphatic heterocycles. The minimum Gasteiger partial charge on any atom is -0.325 e. The van der Waals surface area contributed by atoms with Gasteiger partial charge >= 0.3 is 6.18 Å². The number of imide groups is 1. The smallest absolute Gasteiger partial charge is 0.325 e. The number of benzene rings is 1. The number of alkyl halides is 3. The lowest BCUT2D eigenvalue weighted by Gasteiger charge is -2.17. The molecule has 0 spiro atoms. The summed E-state index contributed by atoms with van der Waals surface area (Å²) in [7, 11) is 0. The van der Waals surface area contributed by atoms with Crippen molar-refractivity contribution in [1.82, 2.24) is 4.90 Å². The number of nitrogens with zero attached hydrogens (tertiary/aromatic N) is 1. The van der Waals surface area contributed by atoms with Crippen LogP contribution in [0.3, 0.4) is 0 Å². The minimum atomic E-state index is -4.57. The van der Waals surface area contributed by atoms with Crippen LogP contribution in [0.1, 0.15) is 18.4 Å². The molecule has 0 unspecified atom stereocenters. The fourth-order valence-corrected chi connectivity index (χ4v) is 4.57. The van der Waals surface area contributed by atoms with Crippen LogP contribution in [-0.2, 0) is 20.6 Å². The fraction of sp³-hybridized carbons (Fsp3) is 0.421.